The Balaban J connectivity index is 1.85. The second-order valence-corrected chi connectivity index (χ2v) is 4.41. The summed E-state index contributed by atoms with van der Waals surface area (Å²) in [5.74, 6) is -0.319. The largest absolute Gasteiger partial charge is 0.484 e. The lowest BCUT2D eigenvalue weighted by Gasteiger charge is -2.11. The van der Waals surface area contributed by atoms with Crippen LogP contribution in [0.2, 0.25) is 0 Å². The number of rotatable bonds is 6. The number of benzene rings is 1. The second-order valence-electron chi connectivity index (χ2n) is 4.41. The van der Waals surface area contributed by atoms with Crippen LogP contribution < -0.4 is 20.3 Å². The Kier molecular flexibility index (Phi) is 5.40. The van der Waals surface area contributed by atoms with Crippen molar-refractivity contribution in [3.05, 3.63) is 42.1 Å². The number of ether oxygens (including phenoxy) is 2. The number of amides is 1. The lowest BCUT2D eigenvalue weighted by Crippen LogP contribution is -2.34. The Bertz CT molecular complexity index is 710. The Hall–Kier alpha value is -3.04. The Labute approximate surface area is 134 Å². The van der Waals surface area contributed by atoms with Crippen LogP contribution in [0.1, 0.15) is 5.56 Å². The van der Waals surface area contributed by atoms with Gasteiger partial charge in [-0.25, -0.2) is 4.98 Å². The van der Waals surface area contributed by atoms with Gasteiger partial charge in [0.15, 0.2) is 6.61 Å². The third kappa shape index (κ3) is 5.00. The molecule has 1 aromatic heterocycles. The van der Waals surface area contributed by atoms with Gasteiger partial charge in [0.05, 0.1) is 12.7 Å². The highest BCUT2D eigenvalue weighted by atomic mass is 19.4. The molecule has 0 radical (unpaired) electrons. The summed E-state index contributed by atoms with van der Waals surface area (Å²) in [6.45, 7) is -0.488. The number of nitrogens with one attached hydrogen (secondary N) is 2. The van der Waals surface area contributed by atoms with Gasteiger partial charge in [-0.3, -0.25) is 15.6 Å². The van der Waals surface area contributed by atoms with Crippen LogP contribution in [0.15, 0.2) is 36.5 Å². The minimum atomic E-state index is -4.48. The van der Waals surface area contributed by atoms with E-state index in [-0.39, 0.29) is 11.7 Å². The van der Waals surface area contributed by atoms with Crippen molar-refractivity contribution in [1.29, 1.82) is 0 Å². The maximum Gasteiger partial charge on any atom is 0.416 e. The normalized spacial score (nSPS) is 10.8. The van der Waals surface area contributed by atoms with E-state index in [9.17, 15) is 18.0 Å². The number of alkyl halides is 3. The zero-order valence-electron chi connectivity index (χ0n) is 12.4. The van der Waals surface area contributed by atoms with Crippen LogP contribution in [0.4, 0.5) is 19.1 Å². The molecule has 0 atom stereocenters. The van der Waals surface area contributed by atoms with E-state index in [1.54, 1.807) is 0 Å². The minimum Gasteiger partial charge on any atom is -0.484 e. The molecule has 0 aliphatic carbocycles. The third-order valence-electron chi connectivity index (χ3n) is 2.68. The predicted octanol–water partition coefficient (Wildman–Crippen LogP) is 2.03. The number of aromatic nitrogens is 2. The number of carbonyl (C=O) groups excluding carboxylic acids is 1. The number of hydrogen-bond acceptors (Lipinski definition) is 6. The van der Waals surface area contributed by atoms with Crippen molar-refractivity contribution in [3.8, 4) is 11.6 Å². The molecule has 2 rings (SSSR count). The lowest BCUT2D eigenvalue weighted by molar-refractivity contribution is -0.137. The highest BCUT2D eigenvalue weighted by molar-refractivity contribution is 5.78. The van der Waals surface area contributed by atoms with Crippen molar-refractivity contribution in [1.82, 2.24) is 15.4 Å². The van der Waals surface area contributed by atoms with E-state index in [1.807, 2.05) is 0 Å². The van der Waals surface area contributed by atoms with Crippen molar-refractivity contribution in [2.75, 3.05) is 19.1 Å². The van der Waals surface area contributed by atoms with E-state index in [0.29, 0.717) is 5.88 Å². The minimum absolute atomic E-state index is 0.0717. The molecule has 0 saturated carbocycles. The molecule has 0 bridgehead atoms. The molecule has 0 spiro atoms. The molecule has 0 aliphatic rings. The first-order valence-electron chi connectivity index (χ1n) is 6.60. The monoisotopic (exact) mass is 342 g/mol. The van der Waals surface area contributed by atoms with Crippen molar-refractivity contribution in [2.45, 2.75) is 6.18 Å². The van der Waals surface area contributed by atoms with Crippen LogP contribution in [-0.2, 0) is 11.0 Å². The number of nitrogens with zero attached hydrogens (tertiary/aromatic N) is 2. The second kappa shape index (κ2) is 7.49. The van der Waals surface area contributed by atoms with Gasteiger partial charge in [0.1, 0.15) is 5.75 Å². The molecule has 10 heteroatoms. The fourth-order valence-electron chi connectivity index (χ4n) is 1.59. The molecule has 2 aromatic rings. The topological polar surface area (TPSA) is 85.4 Å². The van der Waals surface area contributed by atoms with Crippen molar-refractivity contribution < 1.29 is 27.4 Å². The molecule has 24 heavy (non-hydrogen) atoms. The first kappa shape index (κ1) is 17.3. The van der Waals surface area contributed by atoms with Crippen LogP contribution in [-0.4, -0.2) is 29.6 Å². The number of hydrazine groups is 1. The number of halogens is 3. The van der Waals surface area contributed by atoms with E-state index in [1.165, 1.54) is 31.5 Å². The van der Waals surface area contributed by atoms with Crippen molar-refractivity contribution in [3.63, 3.8) is 0 Å². The summed E-state index contributed by atoms with van der Waals surface area (Å²) < 4.78 is 47.6. The van der Waals surface area contributed by atoms with E-state index < -0.39 is 24.3 Å². The molecular formula is C14H13F3N4O3. The number of methoxy groups -OCH3 is 1. The van der Waals surface area contributed by atoms with E-state index in [4.69, 9.17) is 9.47 Å². The van der Waals surface area contributed by atoms with Gasteiger partial charge < -0.3 is 9.47 Å². The zero-order valence-corrected chi connectivity index (χ0v) is 12.4. The zero-order chi connectivity index (χ0) is 17.6. The smallest absolute Gasteiger partial charge is 0.416 e. The molecule has 1 heterocycles. The van der Waals surface area contributed by atoms with Crippen LogP contribution in [0.25, 0.3) is 0 Å². The number of carbonyl (C=O) groups is 1. The summed E-state index contributed by atoms with van der Waals surface area (Å²) in [4.78, 5) is 19.3. The summed E-state index contributed by atoms with van der Waals surface area (Å²) in [6, 6.07) is 5.75. The van der Waals surface area contributed by atoms with Gasteiger partial charge in [-0.2, -0.15) is 18.2 Å². The molecule has 128 valence electrons. The van der Waals surface area contributed by atoms with Crippen LogP contribution in [0.5, 0.6) is 11.6 Å². The van der Waals surface area contributed by atoms with Gasteiger partial charge in [-0.15, -0.1) is 0 Å². The molecule has 0 unspecified atom stereocenters. The summed E-state index contributed by atoms with van der Waals surface area (Å²) in [5, 5.41) is 0. The fraction of sp³-hybridized carbons (Fsp3) is 0.214. The van der Waals surface area contributed by atoms with E-state index in [0.717, 1.165) is 12.1 Å². The Morgan fingerprint density at radius 3 is 2.79 bits per heavy atom. The maximum atomic E-state index is 12.6. The van der Waals surface area contributed by atoms with Gasteiger partial charge in [-0.1, -0.05) is 6.07 Å². The summed E-state index contributed by atoms with van der Waals surface area (Å²) in [7, 11) is 1.42. The SMILES string of the molecule is COc1ccnc(NNC(=O)COc2cccc(C(F)(F)F)c2)n1. The highest BCUT2D eigenvalue weighted by Crippen LogP contribution is 2.31. The van der Waals surface area contributed by atoms with Crippen molar-refractivity contribution in [2.24, 2.45) is 0 Å². The quantitative estimate of drug-likeness (QED) is 0.782. The van der Waals surface area contributed by atoms with Gasteiger partial charge >= 0.3 is 6.18 Å². The number of anilines is 1. The molecule has 2 N–H and O–H groups in total. The third-order valence-corrected chi connectivity index (χ3v) is 2.68. The Morgan fingerprint density at radius 1 is 1.29 bits per heavy atom. The highest BCUT2D eigenvalue weighted by Gasteiger charge is 2.30. The molecule has 0 saturated heterocycles. The lowest BCUT2D eigenvalue weighted by atomic mass is 10.2. The number of hydrogen-bond donors (Lipinski definition) is 2. The van der Waals surface area contributed by atoms with E-state index in [2.05, 4.69) is 20.8 Å². The van der Waals surface area contributed by atoms with Crippen LogP contribution in [0.3, 0.4) is 0 Å². The molecular weight excluding hydrogens is 329 g/mol. The van der Waals surface area contributed by atoms with Crippen LogP contribution in [0, 0.1) is 0 Å². The summed E-state index contributed by atoms with van der Waals surface area (Å²) >= 11 is 0. The van der Waals surface area contributed by atoms with Crippen LogP contribution >= 0.6 is 0 Å². The first-order chi connectivity index (χ1) is 11.4. The van der Waals surface area contributed by atoms with Crippen molar-refractivity contribution >= 4 is 11.9 Å². The van der Waals surface area contributed by atoms with Gasteiger partial charge in [0.2, 0.25) is 11.8 Å². The Morgan fingerprint density at radius 2 is 2.08 bits per heavy atom. The molecule has 0 aliphatic heterocycles. The molecule has 7 nitrogen and oxygen atoms in total. The van der Waals surface area contributed by atoms with Gasteiger partial charge in [0.25, 0.3) is 5.91 Å². The maximum absolute atomic E-state index is 12.6. The molecule has 0 fully saturated rings. The van der Waals surface area contributed by atoms with Gasteiger partial charge in [0, 0.05) is 12.3 Å². The fourth-order valence-corrected chi connectivity index (χ4v) is 1.59. The predicted molar refractivity (Wildman–Crippen MR) is 77.3 cm³/mol. The van der Waals surface area contributed by atoms with Gasteiger partial charge in [-0.05, 0) is 18.2 Å². The summed E-state index contributed by atoms with van der Waals surface area (Å²) in [6.07, 6.45) is -3.06. The first-order valence-corrected chi connectivity index (χ1v) is 6.60. The van der Waals surface area contributed by atoms with E-state index >= 15 is 0 Å². The summed E-state index contributed by atoms with van der Waals surface area (Å²) in [5.41, 5.74) is 3.82. The average molecular weight is 342 g/mol. The average Bonchev–Trinajstić information content (AvgIpc) is 2.58. The molecule has 1 amide bonds. The molecule has 1 aromatic carbocycles. The standard InChI is InChI=1S/C14H13F3N4O3/c1-23-12-5-6-18-13(19-12)21-20-11(22)8-24-10-4-2-3-9(7-10)14(15,16)17/h2-7H,8H2,1H3,(H,20,22)(H,18,19,21).